The summed E-state index contributed by atoms with van der Waals surface area (Å²) in [4.78, 5) is 11.3. The van der Waals surface area contributed by atoms with Crippen LogP contribution < -0.4 is 0 Å². The van der Waals surface area contributed by atoms with Crippen LogP contribution in [0.3, 0.4) is 0 Å². The summed E-state index contributed by atoms with van der Waals surface area (Å²) in [6.45, 7) is 0. The Balaban J connectivity index is 2.07. The Morgan fingerprint density at radius 2 is 1.76 bits per heavy atom. The van der Waals surface area contributed by atoms with Gasteiger partial charge in [0.2, 0.25) is 11.8 Å². The lowest BCUT2D eigenvalue weighted by Crippen LogP contribution is -1.99. The molecule has 0 saturated heterocycles. The quantitative estimate of drug-likeness (QED) is 0.780. The average Bonchev–Trinajstić information content (AvgIpc) is 2.97. The molecular weight excluding hydrogens is 336 g/mol. The maximum atomic E-state index is 11.3. The lowest BCUT2D eigenvalue weighted by Gasteiger charge is -2.02. The van der Waals surface area contributed by atoms with Crippen molar-refractivity contribution in [3.8, 4) is 22.9 Å². The van der Waals surface area contributed by atoms with Gasteiger partial charge in [-0.15, -0.1) is 10.2 Å². The molecule has 0 aliphatic rings. The van der Waals surface area contributed by atoms with E-state index in [9.17, 15) is 9.90 Å². The lowest BCUT2D eigenvalue weighted by atomic mass is 10.1. The van der Waals surface area contributed by atoms with Gasteiger partial charge in [0.25, 0.3) is 0 Å². The molecule has 0 aliphatic heterocycles. The number of carboxylic acid groups (broad SMARTS) is 1. The number of hydrogen-bond acceptors (Lipinski definition) is 4. The highest BCUT2D eigenvalue weighted by Gasteiger charge is 2.18. The topological polar surface area (TPSA) is 76.2 Å². The third kappa shape index (κ3) is 2.71. The Hall–Kier alpha value is -2.47. The molecule has 1 aromatic heterocycles. The first-order chi connectivity index (χ1) is 10.1. The van der Waals surface area contributed by atoms with E-state index < -0.39 is 5.97 Å². The molecule has 3 rings (SSSR count). The fourth-order valence-corrected chi connectivity index (χ4v) is 2.27. The highest BCUT2D eigenvalue weighted by Crippen LogP contribution is 2.28. The zero-order valence-corrected chi connectivity index (χ0v) is 12.2. The fourth-order valence-electron chi connectivity index (χ4n) is 1.91. The van der Waals surface area contributed by atoms with E-state index in [1.165, 1.54) is 6.07 Å². The third-order valence-corrected chi connectivity index (χ3v) is 3.38. The summed E-state index contributed by atoms with van der Waals surface area (Å²) < 4.78 is 6.26. The van der Waals surface area contributed by atoms with E-state index in [0.29, 0.717) is 15.9 Å². The first kappa shape index (κ1) is 13.5. The van der Waals surface area contributed by atoms with Crippen LogP contribution in [-0.2, 0) is 0 Å². The van der Waals surface area contributed by atoms with E-state index in [-0.39, 0.29) is 11.5 Å². The number of carbonyl (C=O) groups is 1. The van der Waals surface area contributed by atoms with Crippen LogP contribution in [0.5, 0.6) is 0 Å². The third-order valence-electron chi connectivity index (χ3n) is 2.89. The van der Waals surface area contributed by atoms with Gasteiger partial charge in [-0.3, -0.25) is 0 Å². The largest absolute Gasteiger partial charge is 0.478 e. The predicted molar refractivity (Wildman–Crippen MR) is 79.8 cm³/mol. The second kappa shape index (κ2) is 5.49. The molecule has 0 spiro atoms. The van der Waals surface area contributed by atoms with Gasteiger partial charge in [-0.1, -0.05) is 34.1 Å². The maximum Gasteiger partial charge on any atom is 0.336 e. The zero-order valence-electron chi connectivity index (χ0n) is 10.7. The molecule has 0 saturated carbocycles. The molecule has 0 amide bonds. The van der Waals surface area contributed by atoms with Crippen LogP contribution >= 0.6 is 15.9 Å². The van der Waals surface area contributed by atoms with Crippen molar-refractivity contribution in [2.45, 2.75) is 0 Å². The number of aromatic carboxylic acids is 1. The number of aromatic nitrogens is 2. The van der Waals surface area contributed by atoms with Crippen LogP contribution in [-0.4, -0.2) is 21.3 Å². The minimum Gasteiger partial charge on any atom is -0.478 e. The highest BCUT2D eigenvalue weighted by molar-refractivity contribution is 9.10. The second-order valence-electron chi connectivity index (χ2n) is 4.27. The molecule has 0 atom stereocenters. The summed E-state index contributed by atoms with van der Waals surface area (Å²) in [6.07, 6.45) is 0. The van der Waals surface area contributed by atoms with Crippen LogP contribution in [0.2, 0.25) is 0 Å². The van der Waals surface area contributed by atoms with E-state index in [2.05, 4.69) is 26.1 Å². The van der Waals surface area contributed by atoms with E-state index in [1.54, 1.807) is 12.1 Å². The van der Waals surface area contributed by atoms with Crippen molar-refractivity contribution in [1.82, 2.24) is 10.2 Å². The molecule has 5 nitrogen and oxygen atoms in total. The molecular formula is C15H9BrN2O3. The van der Waals surface area contributed by atoms with Crippen molar-refractivity contribution in [1.29, 1.82) is 0 Å². The monoisotopic (exact) mass is 344 g/mol. The summed E-state index contributed by atoms with van der Waals surface area (Å²) in [5.41, 5.74) is 1.28. The van der Waals surface area contributed by atoms with Crippen molar-refractivity contribution in [3.63, 3.8) is 0 Å². The first-order valence-corrected chi connectivity index (χ1v) is 6.86. The fraction of sp³-hybridized carbons (Fsp3) is 0. The molecule has 104 valence electrons. The first-order valence-electron chi connectivity index (χ1n) is 6.07. The standard InChI is InChI=1S/C15H9BrN2O3/c16-10-6-7-11(12(8-10)15(19)20)14-18-17-13(21-14)9-4-2-1-3-5-9/h1-8H,(H,19,20). The van der Waals surface area contributed by atoms with Gasteiger partial charge < -0.3 is 9.52 Å². The average molecular weight is 345 g/mol. The Labute approximate surface area is 128 Å². The molecule has 0 radical (unpaired) electrons. The number of halogens is 1. The SMILES string of the molecule is O=C(O)c1cc(Br)ccc1-c1nnc(-c2ccccc2)o1. The Kier molecular flexibility index (Phi) is 3.53. The van der Waals surface area contributed by atoms with Gasteiger partial charge >= 0.3 is 5.97 Å². The number of nitrogens with zero attached hydrogens (tertiary/aromatic N) is 2. The normalized spacial score (nSPS) is 10.5. The molecule has 0 unspecified atom stereocenters. The van der Waals surface area contributed by atoms with E-state index in [4.69, 9.17) is 4.42 Å². The van der Waals surface area contributed by atoms with Crippen LogP contribution in [0.25, 0.3) is 22.9 Å². The number of benzene rings is 2. The summed E-state index contributed by atoms with van der Waals surface area (Å²) in [5.74, 6) is -0.519. The van der Waals surface area contributed by atoms with Gasteiger partial charge in [-0.25, -0.2) is 4.79 Å². The Morgan fingerprint density at radius 3 is 2.48 bits per heavy atom. The summed E-state index contributed by atoms with van der Waals surface area (Å²) in [7, 11) is 0. The number of rotatable bonds is 3. The van der Waals surface area contributed by atoms with Crippen molar-refractivity contribution in [3.05, 3.63) is 58.6 Å². The van der Waals surface area contributed by atoms with Crippen molar-refractivity contribution in [2.75, 3.05) is 0 Å². The Bertz CT molecular complexity index is 800. The maximum absolute atomic E-state index is 11.3. The van der Waals surface area contributed by atoms with Crippen molar-refractivity contribution >= 4 is 21.9 Å². The molecule has 0 fully saturated rings. The molecule has 6 heteroatoms. The summed E-state index contributed by atoms with van der Waals surface area (Å²) in [6, 6.07) is 14.2. The van der Waals surface area contributed by atoms with Gasteiger partial charge in [0.15, 0.2) is 0 Å². The summed E-state index contributed by atoms with van der Waals surface area (Å²) in [5, 5.41) is 17.2. The van der Waals surface area contributed by atoms with Crippen LogP contribution in [0, 0.1) is 0 Å². The molecule has 1 heterocycles. The molecule has 0 aliphatic carbocycles. The molecule has 2 aromatic carbocycles. The molecule has 3 aromatic rings. The molecule has 0 bridgehead atoms. The molecule has 21 heavy (non-hydrogen) atoms. The summed E-state index contributed by atoms with van der Waals surface area (Å²) >= 11 is 3.25. The van der Waals surface area contributed by atoms with Crippen molar-refractivity contribution < 1.29 is 14.3 Å². The Morgan fingerprint density at radius 1 is 1.05 bits per heavy atom. The van der Waals surface area contributed by atoms with E-state index >= 15 is 0 Å². The van der Waals surface area contributed by atoms with Gasteiger partial charge in [-0.2, -0.15) is 0 Å². The minimum absolute atomic E-state index is 0.104. The minimum atomic E-state index is -1.05. The van der Waals surface area contributed by atoms with Gasteiger partial charge in [0, 0.05) is 10.0 Å². The van der Waals surface area contributed by atoms with Gasteiger partial charge in [0.1, 0.15) is 0 Å². The van der Waals surface area contributed by atoms with Gasteiger partial charge in [-0.05, 0) is 30.3 Å². The van der Waals surface area contributed by atoms with Crippen molar-refractivity contribution in [2.24, 2.45) is 0 Å². The second-order valence-corrected chi connectivity index (χ2v) is 5.19. The number of hydrogen-bond donors (Lipinski definition) is 1. The van der Waals surface area contributed by atoms with Gasteiger partial charge in [0.05, 0.1) is 11.1 Å². The van der Waals surface area contributed by atoms with Crippen LogP contribution in [0.15, 0.2) is 57.4 Å². The van der Waals surface area contributed by atoms with Crippen LogP contribution in [0.4, 0.5) is 0 Å². The predicted octanol–water partition coefficient (Wildman–Crippen LogP) is 3.86. The van der Waals surface area contributed by atoms with Crippen LogP contribution in [0.1, 0.15) is 10.4 Å². The van der Waals surface area contributed by atoms with E-state index in [0.717, 1.165) is 5.56 Å². The highest BCUT2D eigenvalue weighted by atomic mass is 79.9. The smallest absolute Gasteiger partial charge is 0.336 e. The lowest BCUT2D eigenvalue weighted by molar-refractivity contribution is 0.0697. The zero-order chi connectivity index (χ0) is 14.8. The van der Waals surface area contributed by atoms with E-state index in [1.807, 2.05) is 30.3 Å². The molecule has 1 N–H and O–H groups in total. The number of carboxylic acids is 1.